The Balaban J connectivity index is 2.62. The van der Waals surface area contributed by atoms with E-state index < -0.39 is 0 Å². The van der Waals surface area contributed by atoms with Gasteiger partial charge in [0, 0.05) is 18.3 Å². The molecule has 3 nitrogen and oxygen atoms in total. The first-order valence-corrected chi connectivity index (χ1v) is 6.00. The summed E-state index contributed by atoms with van der Waals surface area (Å²) >= 11 is 0. The molecule has 17 heavy (non-hydrogen) atoms. The fourth-order valence-electron chi connectivity index (χ4n) is 1.96. The van der Waals surface area contributed by atoms with E-state index in [1.54, 1.807) is 0 Å². The second-order valence-corrected chi connectivity index (χ2v) is 4.42. The minimum atomic E-state index is 0.0279. The van der Waals surface area contributed by atoms with E-state index in [9.17, 15) is 4.79 Å². The molecule has 0 saturated carbocycles. The number of rotatable bonds is 3. The molecule has 1 unspecified atom stereocenters. The van der Waals surface area contributed by atoms with Gasteiger partial charge in [0.2, 0.25) is 0 Å². The minimum absolute atomic E-state index is 0.0279. The summed E-state index contributed by atoms with van der Waals surface area (Å²) in [6.45, 7) is 4.18. The second kappa shape index (κ2) is 4.62. The smallest absolute Gasteiger partial charge is 0.251 e. The Labute approximate surface area is 101 Å². The Hall–Kier alpha value is -1.77. The Morgan fingerprint density at radius 1 is 1.35 bits per heavy atom. The second-order valence-electron chi connectivity index (χ2n) is 4.42. The van der Waals surface area contributed by atoms with E-state index in [2.05, 4.69) is 24.1 Å². The molecule has 0 aliphatic carbocycles. The molecule has 0 spiro atoms. The van der Waals surface area contributed by atoms with E-state index in [0.29, 0.717) is 5.92 Å². The van der Waals surface area contributed by atoms with Gasteiger partial charge in [-0.25, -0.2) is 0 Å². The van der Waals surface area contributed by atoms with Gasteiger partial charge in [0.1, 0.15) is 0 Å². The lowest BCUT2D eigenvalue weighted by Gasteiger charge is -2.09. The number of hydrogen-bond donors (Lipinski definition) is 2. The molecule has 1 atom stereocenters. The summed E-state index contributed by atoms with van der Waals surface area (Å²) in [6.07, 6.45) is 0.975. The highest BCUT2D eigenvalue weighted by molar-refractivity contribution is 5.82. The zero-order valence-electron chi connectivity index (χ0n) is 10.5. The van der Waals surface area contributed by atoms with Crippen LogP contribution in [-0.4, -0.2) is 12.0 Å². The number of nitrogens with one attached hydrogen (secondary N) is 2. The molecule has 2 rings (SSSR count). The van der Waals surface area contributed by atoms with Gasteiger partial charge in [0.25, 0.3) is 5.56 Å². The normalized spacial score (nSPS) is 12.6. The molecule has 0 aliphatic heterocycles. The fraction of sp³-hybridized carbons (Fsp3) is 0.357. The van der Waals surface area contributed by atoms with Gasteiger partial charge in [-0.05, 0) is 35.9 Å². The molecule has 0 bridgehead atoms. The van der Waals surface area contributed by atoms with Gasteiger partial charge < -0.3 is 10.3 Å². The Morgan fingerprint density at radius 3 is 2.76 bits per heavy atom. The fourth-order valence-corrected chi connectivity index (χ4v) is 1.96. The number of H-pyrrole nitrogens is 1. The first-order valence-electron chi connectivity index (χ1n) is 6.00. The minimum Gasteiger partial charge on any atom is -0.388 e. The summed E-state index contributed by atoms with van der Waals surface area (Å²) < 4.78 is 0. The highest BCUT2D eigenvalue weighted by atomic mass is 16.1. The van der Waals surface area contributed by atoms with E-state index in [0.717, 1.165) is 28.6 Å². The maximum atomic E-state index is 12.0. The summed E-state index contributed by atoms with van der Waals surface area (Å²) in [5, 5.41) is 4.15. The maximum absolute atomic E-state index is 12.0. The van der Waals surface area contributed by atoms with Crippen LogP contribution in [0, 0.1) is 0 Å². The largest absolute Gasteiger partial charge is 0.388 e. The van der Waals surface area contributed by atoms with Crippen molar-refractivity contribution in [2.24, 2.45) is 0 Å². The van der Waals surface area contributed by atoms with Gasteiger partial charge in [-0.2, -0.15) is 0 Å². The van der Waals surface area contributed by atoms with Crippen molar-refractivity contribution in [1.29, 1.82) is 0 Å². The lowest BCUT2D eigenvalue weighted by atomic mass is 9.98. The average molecular weight is 230 g/mol. The van der Waals surface area contributed by atoms with Crippen molar-refractivity contribution in [3.63, 3.8) is 0 Å². The van der Waals surface area contributed by atoms with Crippen LogP contribution in [0.4, 0.5) is 5.69 Å². The zero-order chi connectivity index (χ0) is 12.4. The molecule has 90 valence electrons. The summed E-state index contributed by atoms with van der Waals surface area (Å²) in [4.78, 5) is 14.9. The molecule has 3 heteroatoms. The molecule has 2 N–H and O–H groups in total. The molecule has 0 radical (unpaired) electrons. The Morgan fingerprint density at radius 2 is 2.12 bits per heavy atom. The molecule has 0 aliphatic rings. The van der Waals surface area contributed by atoms with Crippen molar-refractivity contribution in [3.8, 4) is 0 Å². The van der Waals surface area contributed by atoms with Crippen molar-refractivity contribution in [2.45, 2.75) is 26.2 Å². The quantitative estimate of drug-likeness (QED) is 0.851. The number of hydrogen-bond acceptors (Lipinski definition) is 2. The van der Waals surface area contributed by atoms with Crippen LogP contribution < -0.4 is 10.9 Å². The van der Waals surface area contributed by atoms with Crippen molar-refractivity contribution in [1.82, 2.24) is 4.98 Å². The van der Waals surface area contributed by atoms with Crippen LogP contribution in [-0.2, 0) is 0 Å². The molecule has 0 fully saturated rings. The van der Waals surface area contributed by atoms with E-state index in [4.69, 9.17) is 0 Å². The molecule has 1 heterocycles. The molecule has 1 aromatic heterocycles. The standard InChI is InChI=1S/C14H18N2O/c1-4-9(2)12-7-10-5-6-11(15-3)8-13(10)16-14(12)17/h5-9,15H,4H2,1-3H3,(H,16,17). The third-order valence-electron chi connectivity index (χ3n) is 3.31. The van der Waals surface area contributed by atoms with E-state index in [-0.39, 0.29) is 5.56 Å². The van der Waals surface area contributed by atoms with E-state index in [1.807, 2.05) is 31.3 Å². The number of aromatic nitrogens is 1. The van der Waals surface area contributed by atoms with Gasteiger partial charge in [0.15, 0.2) is 0 Å². The Kier molecular flexibility index (Phi) is 3.18. The van der Waals surface area contributed by atoms with Crippen LogP contribution in [0.2, 0.25) is 0 Å². The number of anilines is 1. The monoisotopic (exact) mass is 230 g/mol. The van der Waals surface area contributed by atoms with Crippen LogP contribution in [0.1, 0.15) is 31.7 Å². The Bertz CT molecular complexity index is 586. The van der Waals surface area contributed by atoms with Crippen LogP contribution in [0.25, 0.3) is 10.9 Å². The number of aromatic amines is 1. The van der Waals surface area contributed by atoms with Gasteiger partial charge in [-0.3, -0.25) is 4.79 Å². The third-order valence-corrected chi connectivity index (χ3v) is 3.31. The molecule has 1 aromatic carbocycles. The highest BCUT2D eigenvalue weighted by Crippen LogP contribution is 2.21. The van der Waals surface area contributed by atoms with Crippen LogP contribution in [0.15, 0.2) is 29.1 Å². The number of fused-ring (bicyclic) bond motifs is 1. The predicted octanol–water partition coefficient (Wildman–Crippen LogP) is 3.08. The lowest BCUT2D eigenvalue weighted by molar-refractivity contribution is 0.724. The number of pyridine rings is 1. The average Bonchev–Trinajstić information content (AvgIpc) is 2.36. The van der Waals surface area contributed by atoms with Crippen LogP contribution >= 0.6 is 0 Å². The first kappa shape index (κ1) is 11.7. The summed E-state index contributed by atoms with van der Waals surface area (Å²) in [5.41, 5.74) is 2.79. The van der Waals surface area contributed by atoms with E-state index >= 15 is 0 Å². The summed E-state index contributed by atoms with van der Waals surface area (Å²) in [5.74, 6) is 0.298. The van der Waals surface area contributed by atoms with E-state index in [1.165, 1.54) is 0 Å². The number of benzene rings is 1. The van der Waals surface area contributed by atoms with Crippen molar-refractivity contribution in [2.75, 3.05) is 12.4 Å². The zero-order valence-corrected chi connectivity index (χ0v) is 10.5. The first-order chi connectivity index (χ1) is 8.15. The van der Waals surface area contributed by atoms with Crippen LogP contribution in [0.3, 0.4) is 0 Å². The predicted molar refractivity (Wildman–Crippen MR) is 72.8 cm³/mol. The summed E-state index contributed by atoms with van der Waals surface area (Å²) in [7, 11) is 1.87. The van der Waals surface area contributed by atoms with Gasteiger partial charge in [0.05, 0.1) is 5.52 Å². The van der Waals surface area contributed by atoms with Crippen molar-refractivity contribution >= 4 is 16.6 Å². The molecule has 2 aromatic rings. The van der Waals surface area contributed by atoms with Crippen molar-refractivity contribution < 1.29 is 0 Å². The molecule has 0 saturated heterocycles. The maximum Gasteiger partial charge on any atom is 0.251 e. The topological polar surface area (TPSA) is 44.9 Å². The third kappa shape index (κ3) is 2.18. The van der Waals surface area contributed by atoms with Crippen molar-refractivity contribution in [3.05, 3.63) is 40.2 Å². The molecule has 0 amide bonds. The van der Waals surface area contributed by atoms with Gasteiger partial charge in [-0.15, -0.1) is 0 Å². The van der Waals surface area contributed by atoms with Gasteiger partial charge in [-0.1, -0.05) is 19.9 Å². The SMILES string of the molecule is CCC(C)c1cc2ccc(NC)cc2[nH]c1=O. The summed E-state index contributed by atoms with van der Waals surface area (Å²) in [6, 6.07) is 8.00. The molecular weight excluding hydrogens is 212 g/mol. The lowest BCUT2D eigenvalue weighted by Crippen LogP contribution is -2.14. The van der Waals surface area contributed by atoms with Gasteiger partial charge >= 0.3 is 0 Å². The van der Waals surface area contributed by atoms with Crippen LogP contribution in [0.5, 0.6) is 0 Å². The highest BCUT2D eigenvalue weighted by Gasteiger charge is 2.09. The molecular formula is C14H18N2O.